The Balaban J connectivity index is 1.02. The molecule has 0 spiro atoms. The van der Waals surface area contributed by atoms with Crippen molar-refractivity contribution in [2.45, 2.75) is 51.8 Å². The molecule has 13 heteroatoms. The second-order valence-electron chi connectivity index (χ2n) is 12.7. The Morgan fingerprint density at radius 2 is 1.71 bits per heavy atom. The van der Waals surface area contributed by atoms with Gasteiger partial charge in [0.2, 0.25) is 5.65 Å². The third-order valence-corrected chi connectivity index (χ3v) is 8.11. The molecule has 1 saturated heterocycles. The molecule has 0 saturated carbocycles. The number of fused-ring (bicyclic) bond motifs is 1. The molecule has 48 heavy (non-hydrogen) atoms. The number of benzene rings is 2. The van der Waals surface area contributed by atoms with E-state index in [1.165, 1.54) is 0 Å². The van der Waals surface area contributed by atoms with E-state index in [1.54, 1.807) is 27.9 Å². The van der Waals surface area contributed by atoms with Crippen LogP contribution < -0.4 is 0 Å². The van der Waals surface area contributed by atoms with Crippen LogP contribution in [0.2, 0.25) is 0 Å². The summed E-state index contributed by atoms with van der Waals surface area (Å²) in [6, 6.07) is 17.6. The number of likely N-dealkylation sites (tertiary alicyclic amines) is 1. The van der Waals surface area contributed by atoms with Gasteiger partial charge < -0.3 is 9.64 Å². The average Bonchev–Trinajstić information content (AvgIpc) is 3.76. The van der Waals surface area contributed by atoms with Crippen LogP contribution in [0.25, 0.3) is 45.1 Å². The number of nitriles is 1. The standard InChI is InChI=1S/C35H33N11O2/c1-35(2,3)48-34(47)44-12-10-29(11-13-44)45-22-28(19-40-45)27-17-37-31(38-18-27)26-9-5-7-24(15-26)21-46-33-32(42-43-46)39-20-30(41-33)25-8-4-6-23(14-25)16-36/h4-9,14-15,17-20,22,29H,10-13,21H2,1-3H3. The summed E-state index contributed by atoms with van der Waals surface area (Å²) in [5, 5.41) is 22.4. The summed E-state index contributed by atoms with van der Waals surface area (Å²) < 4.78 is 9.21. The SMILES string of the molecule is CC(C)(C)OC(=O)N1CCC(n2cc(-c3cnc(-c4cccc(Cn5nnc6ncc(-c7cccc(C#N)c7)nc65)c4)nc3)cn2)CC1. The number of amides is 1. The smallest absolute Gasteiger partial charge is 0.410 e. The number of carbonyl (C=O) groups excluding carboxylic acids is 1. The number of ether oxygens (including phenoxy) is 1. The molecule has 0 bridgehead atoms. The van der Waals surface area contributed by atoms with E-state index in [2.05, 4.69) is 36.4 Å². The van der Waals surface area contributed by atoms with Crippen molar-refractivity contribution in [3.8, 4) is 39.8 Å². The van der Waals surface area contributed by atoms with Gasteiger partial charge >= 0.3 is 6.09 Å². The Hall–Kier alpha value is -6.03. The van der Waals surface area contributed by atoms with Gasteiger partial charge in [-0.05, 0) is 57.4 Å². The Kier molecular flexibility index (Phi) is 8.06. The minimum atomic E-state index is -0.506. The maximum absolute atomic E-state index is 12.4. The first-order valence-corrected chi connectivity index (χ1v) is 15.7. The first-order chi connectivity index (χ1) is 23.2. The van der Waals surface area contributed by atoms with Crippen LogP contribution in [-0.2, 0) is 11.3 Å². The van der Waals surface area contributed by atoms with Crippen molar-refractivity contribution < 1.29 is 9.53 Å². The monoisotopic (exact) mass is 639 g/mol. The number of carbonyl (C=O) groups is 1. The van der Waals surface area contributed by atoms with E-state index in [4.69, 9.17) is 9.72 Å². The molecule has 4 aromatic heterocycles. The van der Waals surface area contributed by atoms with Crippen LogP contribution in [-0.4, -0.2) is 74.4 Å². The lowest BCUT2D eigenvalue weighted by Gasteiger charge is -2.33. The fraction of sp³-hybridized carbons (Fsp3) is 0.286. The molecular formula is C35H33N11O2. The van der Waals surface area contributed by atoms with Gasteiger partial charge in [-0.1, -0.05) is 35.5 Å². The number of hydrogen-bond acceptors (Lipinski definition) is 10. The van der Waals surface area contributed by atoms with Gasteiger partial charge in [-0.25, -0.2) is 29.4 Å². The van der Waals surface area contributed by atoms with Crippen molar-refractivity contribution in [3.63, 3.8) is 0 Å². The van der Waals surface area contributed by atoms with Gasteiger partial charge in [0.15, 0.2) is 11.5 Å². The molecule has 6 aromatic rings. The van der Waals surface area contributed by atoms with E-state index in [0.29, 0.717) is 48.0 Å². The van der Waals surface area contributed by atoms with Crippen molar-refractivity contribution in [2.75, 3.05) is 13.1 Å². The Morgan fingerprint density at radius 1 is 0.938 bits per heavy atom. The van der Waals surface area contributed by atoms with Gasteiger partial charge in [0.05, 0.1) is 42.3 Å². The lowest BCUT2D eigenvalue weighted by atomic mass is 10.1. The molecule has 7 rings (SSSR count). The van der Waals surface area contributed by atoms with Gasteiger partial charge in [0, 0.05) is 53.9 Å². The third kappa shape index (κ3) is 6.59. The summed E-state index contributed by atoms with van der Waals surface area (Å²) >= 11 is 0. The summed E-state index contributed by atoms with van der Waals surface area (Å²) in [5.41, 5.74) is 6.13. The van der Waals surface area contributed by atoms with Crippen LogP contribution in [0.5, 0.6) is 0 Å². The second-order valence-corrected chi connectivity index (χ2v) is 12.7. The first kappa shape index (κ1) is 30.6. The minimum absolute atomic E-state index is 0.204. The van der Waals surface area contributed by atoms with Crippen LogP contribution >= 0.6 is 0 Å². The zero-order valence-corrected chi connectivity index (χ0v) is 26.9. The van der Waals surface area contributed by atoms with Crippen LogP contribution in [0.15, 0.2) is 79.5 Å². The number of aromatic nitrogens is 9. The van der Waals surface area contributed by atoms with Crippen molar-refractivity contribution in [2.24, 2.45) is 0 Å². The Morgan fingerprint density at radius 3 is 2.48 bits per heavy atom. The lowest BCUT2D eigenvalue weighted by Crippen LogP contribution is -2.42. The van der Waals surface area contributed by atoms with Crippen molar-refractivity contribution in [3.05, 3.63) is 90.6 Å². The molecule has 1 aliphatic rings. The highest BCUT2D eigenvalue weighted by Crippen LogP contribution is 2.27. The van der Waals surface area contributed by atoms with Crippen LogP contribution in [0.1, 0.15) is 50.8 Å². The van der Waals surface area contributed by atoms with Crippen LogP contribution in [0.3, 0.4) is 0 Å². The Bertz CT molecular complexity index is 2130. The third-order valence-electron chi connectivity index (χ3n) is 8.11. The van der Waals surface area contributed by atoms with Gasteiger partial charge in [-0.15, -0.1) is 5.10 Å². The molecule has 240 valence electrons. The van der Waals surface area contributed by atoms with E-state index in [-0.39, 0.29) is 12.1 Å². The normalized spacial score (nSPS) is 13.8. The predicted octanol–water partition coefficient (Wildman–Crippen LogP) is 5.70. The van der Waals surface area contributed by atoms with E-state index in [9.17, 15) is 10.1 Å². The highest BCUT2D eigenvalue weighted by Gasteiger charge is 2.28. The molecule has 0 radical (unpaired) electrons. The van der Waals surface area contributed by atoms with Gasteiger partial charge in [0.1, 0.15) is 5.60 Å². The summed E-state index contributed by atoms with van der Waals surface area (Å²) in [7, 11) is 0. The summed E-state index contributed by atoms with van der Waals surface area (Å²) in [5.74, 6) is 0.602. The first-order valence-electron chi connectivity index (χ1n) is 15.7. The molecule has 2 aromatic carbocycles. The molecule has 1 fully saturated rings. The van der Waals surface area contributed by atoms with Gasteiger partial charge in [-0.3, -0.25) is 4.68 Å². The van der Waals surface area contributed by atoms with E-state index in [1.807, 2.05) is 86.6 Å². The van der Waals surface area contributed by atoms with E-state index in [0.717, 1.165) is 40.7 Å². The van der Waals surface area contributed by atoms with Gasteiger partial charge in [-0.2, -0.15) is 10.4 Å². The zero-order valence-electron chi connectivity index (χ0n) is 26.9. The molecule has 0 N–H and O–H groups in total. The van der Waals surface area contributed by atoms with E-state index < -0.39 is 5.60 Å². The molecular weight excluding hydrogens is 606 g/mol. The average molecular weight is 640 g/mol. The minimum Gasteiger partial charge on any atom is -0.444 e. The maximum Gasteiger partial charge on any atom is 0.410 e. The fourth-order valence-corrected chi connectivity index (χ4v) is 5.68. The van der Waals surface area contributed by atoms with Crippen molar-refractivity contribution >= 4 is 17.4 Å². The predicted molar refractivity (Wildman–Crippen MR) is 177 cm³/mol. The highest BCUT2D eigenvalue weighted by atomic mass is 16.6. The zero-order chi connectivity index (χ0) is 33.3. The number of nitrogens with zero attached hydrogens (tertiary/aromatic N) is 11. The molecule has 0 aliphatic carbocycles. The summed E-state index contributed by atoms with van der Waals surface area (Å²) in [4.78, 5) is 32.7. The van der Waals surface area contributed by atoms with Crippen LogP contribution in [0.4, 0.5) is 4.79 Å². The molecule has 5 heterocycles. The maximum atomic E-state index is 12.4. The second kappa shape index (κ2) is 12.6. The lowest BCUT2D eigenvalue weighted by molar-refractivity contribution is 0.0185. The molecule has 0 atom stereocenters. The summed E-state index contributed by atoms with van der Waals surface area (Å²) in [6.45, 7) is 7.32. The molecule has 13 nitrogen and oxygen atoms in total. The van der Waals surface area contributed by atoms with E-state index >= 15 is 0 Å². The van der Waals surface area contributed by atoms with Gasteiger partial charge in [0.25, 0.3) is 0 Å². The largest absolute Gasteiger partial charge is 0.444 e. The fourth-order valence-electron chi connectivity index (χ4n) is 5.68. The highest BCUT2D eigenvalue weighted by molar-refractivity contribution is 5.71. The number of piperidine rings is 1. The number of rotatable bonds is 6. The van der Waals surface area contributed by atoms with Crippen molar-refractivity contribution in [1.82, 2.24) is 49.6 Å². The molecule has 1 amide bonds. The Labute approximate surface area is 276 Å². The van der Waals surface area contributed by atoms with Crippen LogP contribution in [0, 0.1) is 11.3 Å². The molecule has 0 unspecified atom stereocenters. The quantitative estimate of drug-likeness (QED) is 0.222. The van der Waals surface area contributed by atoms with Crippen molar-refractivity contribution in [1.29, 1.82) is 5.26 Å². The molecule has 1 aliphatic heterocycles. The topological polar surface area (TPSA) is 153 Å². The summed E-state index contributed by atoms with van der Waals surface area (Å²) in [6.07, 6.45) is 10.5. The number of hydrogen-bond donors (Lipinski definition) is 0.